The first-order chi connectivity index (χ1) is 20.0. The lowest BCUT2D eigenvalue weighted by molar-refractivity contribution is -0.155. The standard InChI is InChI=1S/C29H30O13/c30-12-29(38)13-39-28(27(29)37)42-23-10-16(31)9-22-17(23)11-24(26(41-22)15-3-5-19(33)21(35)8-15)40-25(36)6-2-14-1-4-18(32)20(34)7-14/h1,3-5,7-10,24,26-28,30-35,37-38H,2,6,11-13H2/t24-,26-,27?,28?,29?/m1/s1. The molecule has 13 nitrogen and oxygen atoms in total. The maximum atomic E-state index is 13.0. The SMILES string of the molecule is O=C(CCc1ccc(O)c(O)c1)O[C@@H]1Cc2c(OC3OCC(O)(CO)C3O)cc(O)cc2O[C@@H]1c1ccc(O)c(O)c1. The van der Waals surface area contributed by atoms with E-state index in [1.165, 1.54) is 42.5 Å². The zero-order valence-electron chi connectivity index (χ0n) is 22.1. The minimum absolute atomic E-state index is 0.00357. The molecule has 3 unspecified atom stereocenters. The molecule has 1 fully saturated rings. The number of carbonyl (C=O) groups excluding carboxylic acids is 1. The molecule has 224 valence electrons. The number of aromatic hydroxyl groups is 5. The van der Waals surface area contributed by atoms with Crippen LogP contribution in [-0.4, -0.2) is 84.1 Å². The Kier molecular flexibility index (Phi) is 7.93. The molecule has 0 radical (unpaired) electrons. The summed E-state index contributed by atoms with van der Waals surface area (Å²) in [6.45, 7) is -1.18. The summed E-state index contributed by atoms with van der Waals surface area (Å²) in [5, 5.41) is 79.7. The highest BCUT2D eigenvalue weighted by Gasteiger charge is 2.49. The Morgan fingerprint density at radius 3 is 2.33 bits per heavy atom. The van der Waals surface area contributed by atoms with Gasteiger partial charge < -0.3 is 59.8 Å². The smallest absolute Gasteiger partial charge is 0.306 e. The van der Waals surface area contributed by atoms with Crippen LogP contribution in [0.2, 0.25) is 0 Å². The van der Waals surface area contributed by atoms with Gasteiger partial charge in [0.15, 0.2) is 29.1 Å². The highest BCUT2D eigenvalue weighted by atomic mass is 16.7. The summed E-state index contributed by atoms with van der Waals surface area (Å²) in [5.74, 6) is -2.17. The predicted octanol–water partition coefficient (Wildman–Crippen LogP) is 1.25. The van der Waals surface area contributed by atoms with Crippen LogP contribution in [0.5, 0.6) is 40.2 Å². The first-order valence-electron chi connectivity index (χ1n) is 13.0. The van der Waals surface area contributed by atoms with Gasteiger partial charge in [-0.15, -0.1) is 0 Å². The topological polar surface area (TPSA) is 216 Å². The molecule has 0 aliphatic carbocycles. The third-order valence-corrected chi connectivity index (χ3v) is 7.24. The summed E-state index contributed by atoms with van der Waals surface area (Å²) in [6.07, 6.45) is -4.94. The van der Waals surface area contributed by atoms with E-state index in [2.05, 4.69) is 0 Å². The molecular weight excluding hydrogens is 556 g/mol. The van der Waals surface area contributed by atoms with Crippen molar-refractivity contribution in [2.75, 3.05) is 13.2 Å². The van der Waals surface area contributed by atoms with Gasteiger partial charge in [-0.2, -0.15) is 0 Å². The quantitative estimate of drug-likeness (QED) is 0.138. The average Bonchev–Trinajstić information content (AvgIpc) is 3.24. The van der Waals surface area contributed by atoms with Gasteiger partial charge in [0, 0.05) is 36.1 Å². The van der Waals surface area contributed by atoms with Crippen LogP contribution in [0.25, 0.3) is 0 Å². The fourth-order valence-corrected chi connectivity index (χ4v) is 4.86. The summed E-state index contributed by atoms with van der Waals surface area (Å²) in [7, 11) is 0. The Balaban J connectivity index is 1.41. The number of ether oxygens (including phenoxy) is 4. The van der Waals surface area contributed by atoms with Crippen LogP contribution in [-0.2, 0) is 27.1 Å². The van der Waals surface area contributed by atoms with Gasteiger partial charge in [-0.1, -0.05) is 12.1 Å². The summed E-state index contributed by atoms with van der Waals surface area (Å²) in [5.41, 5.74) is -0.679. The number of esters is 1. The molecule has 0 spiro atoms. The molecule has 5 atom stereocenters. The molecular formula is C29H30O13. The predicted molar refractivity (Wildman–Crippen MR) is 141 cm³/mol. The van der Waals surface area contributed by atoms with Crippen LogP contribution in [0.1, 0.15) is 29.2 Å². The summed E-state index contributed by atoms with van der Waals surface area (Å²) < 4.78 is 23.0. The number of aliphatic hydroxyl groups is 3. The average molecular weight is 587 g/mol. The van der Waals surface area contributed by atoms with Crippen LogP contribution < -0.4 is 9.47 Å². The third-order valence-electron chi connectivity index (χ3n) is 7.24. The third kappa shape index (κ3) is 5.81. The summed E-state index contributed by atoms with van der Waals surface area (Å²) >= 11 is 0. The molecule has 0 amide bonds. The molecule has 2 aliphatic rings. The maximum absolute atomic E-state index is 13.0. The number of aryl methyl sites for hydroxylation is 1. The van der Waals surface area contributed by atoms with Gasteiger partial charge in [0.05, 0.1) is 13.2 Å². The van der Waals surface area contributed by atoms with Crippen LogP contribution in [0.15, 0.2) is 48.5 Å². The van der Waals surface area contributed by atoms with Crippen molar-refractivity contribution >= 4 is 5.97 Å². The molecule has 8 N–H and O–H groups in total. The van der Waals surface area contributed by atoms with Crippen molar-refractivity contribution in [2.45, 2.75) is 49.5 Å². The highest BCUT2D eigenvalue weighted by Crippen LogP contribution is 2.45. The number of fused-ring (bicyclic) bond motifs is 1. The maximum Gasteiger partial charge on any atom is 0.306 e. The van der Waals surface area contributed by atoms with E-state index in [0.717, 1.165) is 0 Å². The lowest BCUT2D eigenvalue weighted by Crippen LogP contribution is -2.48. The zero-order chi connectivity index (χ0) is 30.2. The molecule has 13 heteroatoms. The second kappa shape index (κ2) is 11.4. The van der Waals surface area contributed by atoms with E-state index in [-0.39, 0.29) is 53.8 Å². The van der Waals surface area contributed by atoms with Gasteiger partial charge in [0.1, 0.15) is 35.1 Å². The second-order valence-corrected chi connectivity index (χ2v) is 10.3. The Bertz CT molecular complexity index is 1470. The van der Waals surface area contributed by atoms with Gasteiger partial charge in [-0.25, -0.2) is 0 Å². The summed E-state index contributed by atoms with van der Waals surface area (Å²) in [6, 6.07) is 10.7. The Hall–Kier alpha value is -4.43. The lowest BCUT2D eigenvalue weighted by Gasteiger charge is -2.35. The first-order valence-corrected chi connectivity index (χ1v) is 13.0. The van der Waals surface area contributed by atoms with E-state index in [0.29, 0.717) is 16.7 Å². The number of aliphatic hydroxyl groups excluding tert-OH is 2. The van der Waals surface area contributed by atoms with E-state index >= 15 is 0 Å². The Morgan fingerprint density at radius 1 is 0.952 bits per heavy atom. The number of hydrogen-bond donors (Lipinski definition) is 8. The molecule has 2 heterocycles. The number of carbonyl (C=O) groups is 1. The molecule has 3 aromatic carbocycles. The summed E-state index contributed by atoms with van der Waals surface area (Å²) in [4.78, 5) is 13.0. The highest BCUT2D eigenvalue weighted by molar-refractivity contribution is 5.70. The van der Waals surface area contributed by atoms with E-state index in [4.69, 9.17) is 18.9 Å². The van der Waals surface area contributed by atoms with Crippen LogP contribution in [0.4, 0.5) is 0 Å². The fourth-order valence-electron chi connectivity index (χ4n) is 4.86. The van der Waals surface area contributed by atoms with Gasteiger partial charge in [0.25, 0.3) is 0 Å². The molecule has 2 aliphatic heterocycles. The monoisotopic (exact) mass is 586 g/mol. The molecule has 0 saturated carbocycles. The number of phenolic OH excluding ortho intramolecular Hbond substituents is 5. The van der Waals surface area contributed by atoms with E-state index in [9.17, 15) is 45.6 Å². The number of rotatable bonds is 8. The van der Waals surface area contributed by atoms with E-state index < -0.39 is 55.1 Å². The Labute approximate surface area is 239 Å². The molecule has 0 aromatic heterocycles. The normalized spacial score (nSPS) is 24.9. The number of benzene rings is 3. The van der Waals surface area contributed by atoms with Gasteiger partial charge >= 0.3 is 5.97 Å². The first kappa shape index (κ1) is 29.1. The van der Waals surface area contributed by atoms with E-state index in [1.807, 2.05) is 0 Å². The molecule has 5 rings (SSSR count). The minimum atomic E-state index is -1.95. The number of hydrogen-bond acceptors (Lipinski definition) is 13. The fraction of sp³-hybridized carbons (Fsp3) is 0.345. The van der Waals surface area contributed by atoms with Crippen molar-refractivity contribution in [2.24, 2.45) is 0 Å². The van der Waals surface area contributed by atoms with Gasteiger partial charge in [-0.3, -0.25) is 4.79 Å². The van der Waals surface area contributed by atoms with Crippen molar-refractivity contribution in [3.8, 4) is 40.2 Å². The van der Waals surface area contributed by atoms with Crippen LogP contribution in [0, 0.1) is 0 Å². The zero-order valence-corrected chi connectivity index (χ0v) is 22.1. The van der Waals surface area contributed by atoms with Gasteiger partial charge in [0.2, 0.25) is 6.29 Å². The largest absolute Gasteiger partial charge is 0.508 e. The van der Waals surface area contributed by atoms with Crippen molar-refractivity contribution < 1.29 is 64.6 Å². The van der Waals surface area contributed by atoms with Crippen LogP contribution >= 0.6 is 0 Å². The van der Waals surface area contributed by atoms with Gasteiger partial charge in [-0.05, 0) is 36.2 Å². The van der Waals surface area contributed by atoms with E-state index in [1.54, 1.807) is 6.07 Å². The van der Waals surface area contributed by atoms with Crippen molar-refractivity contribution in [1.29, 1.82) is 0 Å². The Morgan fingerprint density at radius 2 is 1.67 bits per heavy atom. The minimum Gasteiger partial charge on any atom is -0.508 e. The lowest BCUT2D eigenvalue weighted by atomic mass is 9.93. The van der Waals surface area contributed by atoms with Crippen molar-refractivity contribution in [3.05, 3.63) is 65.2 Å². The number of phenols is 5. The second-order valence-electron chi connectivity index (χ2n) is 10.3. The molecule has 0 bridgehead atoms. The van der Waals surface area contributed by atoms with Crippen molar-refractivity contribution in [1.82, 2.24) is 0 Å². The van der Waals surface area contributed by atoms with Crippen molar-refractivity contribution in [3.63, 3.8) is 0 Å². The molecule has 42 heavy (non-hydrogen) atoms. The van der Waals surface area contributed by atoms with Crippen LogP contribution in [0.3, 0.4) is 0 Å². The molecule has 3 aromatic rings. The molecule has 1 saturated heterocycles.